The number of hydrogen-bond acceptors (Lipinski definition) is 5. The first kappa shape index (κ1) is 19.8. The predicted octanol–water partition coefficient (Wildman–Crippen LogP) is 4.41. The second kappa shape index (κ2) is 8.27. The highest BCUT2D eigenvalue weighted by molar-refractivity contribution is 5.72. The fraction of sp³-hybridized carbons (Fsp3) is 0.389. The Morgan fingerprint density at radius 1 is 1.19 bits per heavy atom. The highest BCUT2D eigenvalue weighted by Crippen LogP contribution is 2.36. The average Bonchev–Trinajstić information content (AvgIpc) is 2.54. The Bertz CT molecular complexity index is 751. The summed E-state index contributed by atoms with van der Waals surface area (Å²) in [5.41, 5.74) is 2.87. The first-order valence-corrected chi connectivity index (χ1v) is 7.89. The smallest absolute Gasteiger partial charge is 0.496 e. The van der Waals surface area contributed by atoms with Crippen LogP contribution < -0.4 is 14.8 Å². The van der Waals surface area contributed by atoms with Crippen LogP contribution in [0.1, 0.15) is 12.5 Å². The maximum Gasteiger partial charge on any atom is 0.573 e. The summed E-state index contributed by atoms with van der Waals surface area (Å²) in [5.74, 6) is -0.0989. The van der Waals surface area contributed by atoms with Gasteiger partial charge in [-0.25, -0.2) is 0 Å². The summed E-state index contributed by atoms with van der Waals surface area (Å²) in [4.78, 5) is 4.43. The maximum absolute atomic E-state index is 12.4. The van der Waals surface area contributed by atoms with Crippen molar-refractivity contribution in [2.24, 2.45) is 0 Å². The van der Waals surface area contributed by atoms with Gasteiger partial charge >= 0.3 is 6.36 Å². The summed E-state index contributed by atoms with van der Waals surface area (Å²) in [6, 6.07) is 5.94. The van der Waals surface area contributed by atoms with Gasteiger partial charge in [-0.2, -0.15) is 0 Å². The molecule has 1 aromatic heterocycles. The molecule has 142 valence electrons. The predicted molar refractivity (Wildman–Crippen MR) is 92.6 cm³/mol. The molecule has 1 heterocycles. The molecule has 1 unspecified atom stereocenters. The number of halogens is 3. The van der Waals surface area contributed by atoms with E-state index in [1.165, 1.54) is 25.3 Å². The Morgan fingerprint density at radius 2 is 1.92 bits per heavy atom. The third kappa shape index (κ3) is 5.26. The Labute approximate surface area is 150 Å². The third-order valence-electron chi connectivity index (χ3n) is 3.57. The Kier molecular flexibility index (Phi) is 6.31. The van der Waals surface area contributed by atoms with Gasteiger partial charge < -0.3 is 19.5 Å². The van der Waals surface area contributed by atoms with Gasteiger partial charge in [0.05, 0.1) is 31.3 Å². The standard InChI is InChI=1S/C18H21F3N2O3/c1-11-7-13(23-12(2)10-24-3)9-22-17(11)15-6-5-14(8-16(15)25-4)26-18(19,20)21/h5-9,12,23H,10H2,1-4H3. The number of benzene rings is 1. The van der Waals surface area contributed by atoms with Crippen LogP contribution in [0.3, 0.4) is 0 Å². The van der Waals surface area contributed by atoms with Crippen LogP contribution in [0.4, 0.5) is 18.9 Å². The van der Waals surface area contributed by atoms with E-state index in [2.05, 4.69) is 15.0 Å². The minimum absolute atomic E-state index is 0.111. The first-order valence-electron chi connectivity index (χ1n) is 7.89. The zero-order valence-electron chi connectivity index (χ0n) is 15.0. The number of aryl methyl sites for hydroxylation is 1. The van der Waals surface area contributed by atoms with Crippen LogP contribution >= 0.6 is 0 Å². The molecule has 0 spiro atoms. The Hall–Kier alpha value is -2.48. The van der Waals surface area contributed by atoms with Gasteiger partial charge in [-0.1, -0.05) is 0 Å². The number of nitrogens with zero attached hydrogens (tertiary/aromatic N) is 1. The normalized spacial score (nSPS) is 12.6. The molecule has 5 nitrogen and oxygen atoms in total. The van der Waals surface area contributed by atoms with Crippen molar-refractivity contribution in [3.05, 3.63) is 36.0 Å². The summed E-state index contributed by atoms with van der Waals surface area (Å²) in [6.07, 6.45) is -3.10. The van der Waals surface area contributed by atoms with Crippen molar-refractivity contribution in [2.45, 2.75) is 26.3 Å². The molecule has 2 rings (SSSR count). The number of methoxy groups -OCH3 is 2. The van der Waals surface area contributed by atoms with Gasteiger partial charge in [-0.15, -0.1) is 13.2 Å². The highest BCUT2D eigenvalue weighted by atomic mass is 19.4. The molecule has 0 saturated heterocycles. The van der Waals surface area contributed by atoms with E-state index in [-0.39, 0.29) is 17.5 Å². The van der Waals surface area contributed by atoms with Crippen LogP contribution in [-0.4, -0.2) is 38.2 Å². The van der Waals surface area contributed by atoms with E-state index in [4.69, 9.17) is 9.47 Å². The number of hydrogen-bond donors (Lipinski definition) is 1. The van der Waals surface area contributed by atoms with Crippen molar-refractivity contribution in [1.82, 2.24) is 4.98 Å². The zero-order valence-corrected chi connectivity index (χ0v) is 15.0. The lowest BCUT2D eigenvalue weighted by Gasteiger charge is -2.17. The van der Waals surface area contributed by atoms with Crippen LogP contribution in [-0.2, 0) is 4.74 Å². The molecular weight excluding hydrogens is 349 g/mol. The van der Waals surface area contributed by atoms with Crippen LogP contribution in [0.25, 0.3) is 11.3 Å². The van der Waals surface area contributed by atoms with Crippen molar-refractivity contribution < 1.29 is 27.4 Å². The lowest BCUT2D eigenvalue weighted by molar-refractivity contribution is -0.274. The fourth-order valence-corrected chi connectivity index (χ4v) is 2.58. The Morgan fingerprint density at radius 3 is 2.50 bits per heavy atom. The van der Waals surface area contributed by atoms with Crippen molar-refractivity contribution in [3.63, 3.8) is 0 Å². The van der Waals surface area contributed by atoms with E-state index in [0.717, 1.165) is 11.3 Å². The number of rotatable bonds is 7. The molecule has 26 heavy (non-hydrogen) atoms. The van der Waals surface area contributed by atoms with Gasteiger partial charge in [0.2, 0.25) is 0 Å². The largest absolute Gasteiger partial charge is 0.573 e. The molecule has 0 radical (unpaired) electrons. The van der Waals surface area contributed by atoms with E-state index in [1.54, 1.807) is 13.3 Å². The molecule has 1 aromatic carbocycles. The fourth-order valence-electron chi connectivity index (χ4n) is 2.58. The molecule has 8 heteroatoms. The van der Waals surface area contributed by atoms with Crippen LogP contribution in [0, 0.1) is 6.92 Å². The molecule has 0 aliphatic carbocycles. The van der Waals surface area contributed by atoms with Gasteiger partial charge in [-0.3, -0.25) is 4.98 Å². The molecule has 0 aliphatic rings. The lowest BCUT2D eigenvalue weighted by Crippen LogP contribution is -2.20. The minimum atomic E-state index is -4.76. The monoisotopic (exact) mass is 370 g/mol. The first-order chi connectivity index (χ1) is 12.2. The molecular formula is C18H21F3N2O3. The number of alkyl halides is 3. The van der Waals surface area contributed by atoms with Gasteiger partial charge in [0, 0.05) is 24.8 Å². The molecule has 1 atom stereocenters. The van der Waals surface area contributed by atoms with Gasteiger partial charge in [-0.05, 0) is 37.6 Å². The summed E-state index contributed by atoms with van der Waals surface area (Å²) >= 11 is 0. The molecule has 0 bridgehead atoms. The molecule has 0 saturated carbocycles. The van der Waals surface area contributed by atoms with Gasteiger partial charge in [0.1, 0.15) is 11.5 Å². The number of anilines is 1. The lowest BCUT2D eigenvalue weighted by atomic mass is 10.0. The van der Waals surface area contributed by atoms with Gasteiger partial charge in [0.15, 0.2) is 0 Å². The number of aromatic nitrogens is 1. The summed E-state index contributed by atoms with van der Waals surface area (Å²) < 4.78 is 51.4. The summed E-state index contributed by atoms with van der Waals surface area (Å²) in [5, 5.41) is 3.26. The topological polar surface area (TPSA) is 52.6 Å². The highest BCUT2D eigenvalue weighted by Gasteiger charge is 2.31. The minimum Gasteiger partial charge on any atom is -0.496 e. The number of pyridine rings is 1. The van der Waals surface area contributed by atoms with E-state index in [9.17, 15) is 13.2 Å². The van der Waals surface area contributed by atoms with E-state index < -0.39 is 6.36 Å². The molecule has 0 fully saturated rings. The second-order valence-corrected chi connectivity index (χ2v) is 5.80. The molecule has 2 aromatic rings. The second-order valence-electron chi connectivity index (χ2n) is 5.80. The van der Waals surface area contributed by atoms with Crippen molar-refractivity contribution in [2.75, 3.05) is 26.1 Å². The van der Waals surface area contributed by atoms with Crippen LogP contribution in [0.15, 0.2) is 30.5 Å². The zero-order chi connectivity index (χ0) is 19.3. The summed E-state index contributed by atoms with van der Waals surface area (Å²) in [6.45, 7) is 4.40. The number of nitrogens with one attached hydrogen (secondary N) is 1. The van der Waals surface area contributed by atoms with Crippen molar-refractivity contribution >= 4 is 5.69 Å². The average molecular weight is 370 g/mol. The SMILES string of the molecule is COCC(C)Nc1cnc(-c2ccc(OC(F)(F)F)cc2OC)c(C)c1. The van der Waals surface area contributed by atoms with E-state index in [1.807, 2.05) is 19.9 Å². The van der Waals surface area contributed by atoms with Crippen molar-refractivity contribution in [3.8, 4) is 22.8 Å². The molecule has 1 N–H and O–H groups in total. The maximum atomic E-state index is 12.4. The summed E-state index contributed by atoms with van der Waals surface area (Å²) in [7, 11) is 3.01. The Balaban J connectivity index is 2.30. The quantitative estimate of drug-likeness (QED) is 0.782. The molecule has 0 aliphatic heterocycles. The van der Waals surface area contributed by atoms with Gasteiger partial charge in [0.25, 0.3) is 0 Å². The van der Waals surface area contributed by atoms with Crippen LogP contribution in [0.2, 0.25) is 0 Å². The molecule has 0 amide bonds. The number of ether oxygens (including phenoxy) is 3. The van der Waals surface area contributed by atoms with E-state index >= 15 is 0 Å². The third-order valence-corrected chi connectivity index (χ3v) is 3.57. The van der Waals surface area contributed by atoms with E-state index in [0.29, 0.717) is 17.9 Å². The van der Waals surface area contributed by atoms with Crippen molar-refractivity contribution in [1.29, 1.82) is 0 Å². The van der Waals surface area contributed by atoms with Crippen LogP contribution in [0.5, 0.6) is 11.5 Å².